The molecule has 2 fully saturated rings. The van der Waals surface area contributed by atoms with Gasteiger partial charge < -0.3 is 35.1 Å². The number of anilines is 2. The van der Waals surface area contributed by atoms with Crippen molar-refractivity contribution in [2.45, 2.75) is 44.9 Å². The number of amides is 2. The highest BCUT2D eigenvalue weighted by Crippen LogP contribution is 2.41. The van der Waals surface area contributed by atoms with Crippen LogP contribution in [0.2, 0.25) is 5.02 Å². The lowest BCUT2D eigenvalue weighted by Crippen LogP contribution is -2.59. The zero-order valence-electron chi connectivity index (χ0n) is 26.3. The highest BCUT2D eigenvalue weighted by molar-refractivity contribution is 6.33. The number of phenols is 1. The summed E-state index contributed by atoms with van der Waals surface area (Å²) < 4.78 is 29.2. The highest BCUT2D eigenvalue weighted by atomic mass is 35.5. The Hall–Kier alpha value is -4.73. The molecule has 4 aromatic rings. The first kappa shape index (κ1) is 31.8. The van der Waals surface area contributed by atoms with Gasteiger partial charge in [-0.15, -0.1) is 0 Å². The van der Waals surface area contributed by atoms with Crippen LogP contribution in [0.3, 0.4) is 0 Å². The van der Waals surface area contributed by atoms with Crippen LogP contribution < -0.4 is 26.2 Å². The molecule has 1 aromatic carbocycles. The monoisotopic (exact) mass is 680 g/mol. The molecule has 0 spiro atoms. The molecular weight excluding hydrogens is 647 g/mol. The minimum Gasteiger partial charge on any atom is -0.504 e. The van der Waals surface area contributed by atoms with E-state index in [0.29, 0.717) is 42.8 Å². The number of aromatic hydroxyl groups is 1. The zero-order chi connectivity index (χ0) is 33.9. The SMILES string of the molecule is COc1c(O)c(C(N)=O)cc(-c2cn(CC(=O)Nc3cc(N4CCN(C5COC5)C[C@@H]4C)ncc3Cl)c3nc4n(c(=O)c23)CCC4)c1F. The average Bonchev–Trinajstić information content (AvgIpc) is 3.63. The number of primary amides is 1. The van der Waals surface area contributed by atoms with Crippen LogP contribution in [0.15, 0.2) is 29.3 Å². The molecule has 4 N–H and O–H groups in total. The molecule has 7 rings (SSSR count). The van der Waals surface area contributed by atoms with E-state index in [2.05, 4.69) is 27.0 Å². The van der Waals surface area contributed by atoms with Gasteiger partial charge in [-0.25, -0.2) is 14.4 Å². The van der Waals surface area contributed by atoms with Gasteiger partial charge in [-0.05, 0) is 19.4 Å². The van der Waals surface area contributed by atoms with Crippen LogP contribution in [-0.2, 0) is 29.0 Å². The molecule has 0 aliphatic carbocycles. The van der Waals surface area contributed by atoms with Crippen LogP contribution in [-0.4, -0.2) is 93.0 Å². The maximum atomic E-state index is 15.8. The number of nitrogens with two attached hydrogens (primary N) is 1. The summed E-state index contributed by atoms with van der Waals surface area (Å²) in [6.07, 6.45) is 4.17. The third-order valence-corrected chi connectivity index (χ3v) is 9.61. The number of rotatable bonds is 8. The van der Waals surface area contributed by atoms with Crippen molar-refractivity contribution >= 4 is 46.0 Å². The number of aryl methyl sites for hydroxylation is 1. The molecule has 0 radical (unpaired) electrons. The largest absolute Gasteiger partial charge is 0.504 e. The lowest BCUT2D eigenvalue weighted by molar-refractivity contribution is -0.116. The van der Waals surface area contributed by atoms with Crippen LogP contribution in [0.1, 0.15) is 29.5 Å². The van der Waals surface area contributed by atoms with Crippen LogP contribution >= 0.6 is 11.6 Å². The Morgan fingerprint density at radius 2 is 2.02 bits per heavy atom. The summed E-state index contributed by atoms with van der Waals surface area (Å²) >= 11 is 6.48. The van der Waals surface area contributed by atoms with Crippen LogP contribution in [0, 0.1) is 5.82 Å². The van der Waals surface area contributed by atoms with Crippen molar-refractivity contribution in [1.82, 2.24) is 24.0 Å². The van der Waals surface area contributed by atoms with E-state index >= 15 is 4.39 Å². The van der Waals surface area contributed by atoms with Gasteiger partial charge >= 0.3 is 0 Å². The number of aromatic nitrogens is 4. The number of fused-ring (bicyclic) bond motifs is 2. The fraction of sp³-hybridized carbons (Fsp3) is 0.406. The van der Waals surface area contributed by atoms with Crippen LogP contribution in [0.25, 0.3) is 22.2 Å². The lowest BCUT2D eigenvalue weighted by atomic mass is 10.0. The standard InChI is InChI=1S/C32H34ClFN8O6/c1-16-11-39(17-14-48-15-17)6-7-41(16)24-9-22(21(33)10-36-24)37-25(43)13-40-12-20(26-31(40)38-23-4-3-5-42(23)32(26)46)18-8-19(30(35)45)28(44)29(47-2)27(18)34/h8-10,12,16-17,44H,3-7,11,13-15H2,1-2H3,(H2,35,45)(H,36,37,43)/t16-/m0/s1. The number of carbonyl (C=O) groups excluding carboxylic acids is 2. The summed E-state index contributed by atoms with van der Waals surface area (Å²) in [6.45, 7) is 6.21. The molecule has 3 aliphatic heterocycles. The lowest BCUT2D eigenvalue weighted by Gasteiger charge is -2.46. The van der Waals surface area contributed by atoms with Gasteiger partial charge in [0.05, 0.1) is 54.2 Å². The summed E-state index contributed by atoms with van der Waals surface area (Å²) in [5.74, 6) is -2.67. The Balaban J connectivity index is 1.22. The molecule has 2 saturated heterocycles. The van der Waals surface area contributed by atoms with E-state index in [4.69, 9.17) is 31.8 Å². The van der Waals surface area contributed by atoms with Crippen LogP contribution in [0.5, 0.6) is 11.5 Å². The van der Waals surface area contributed by atoms with Crippen molar-refractivity contribution in [1.29, 1.82) is 0 Å². The second-order valence-corrected chi connectivity index (χ2v) is 12.7. The zero-order valence-corrected chi connectivity index (χ0v) is 27.1. The molecule has 0 unspecified atom stereocenters. The first-order valence-electron chi connectivity index (χ1n) is 15.6. The van der Waals surface area contributed by atoms with Gasteiger partial charge in [0.15, 0.2) is 17.3 Å². The molecule has 16 heteroatoms. The summed E-state index contributed by atoms with van der Waals surface area (Å²) in [4.78, 5) is 53.3. The van der Waals surface area contributed by atoms with Crippen molar-refractivity contribution in [2.24, 2.45) is 5.73 Å². The summed E-state index contributed by atoms with van der Waals surface area (Å²) in [5, 5.41) is 13.6. The fourth-order valence-corrected chi connectivity index (χ4v) is 6.91. The maximum absolute atomic E-state index is 15.8. The number of carbonyl (C=O) groups is 2. The minimum atomic E-state index is -1.02. The number of halogens is 2. The summed E-state index contributed by atoms with van der Waals surface area (Å²) in [6, 6.07) is 3.41. The Morgan fingerprint density at radius 1 is 1.23 bits per heavy atom. The molecule has 3 aliphatic rings. The Morgan fingerprint density at radius 3 is 2.71 bits per heavy atom. The van der Waals surface area contributed by atoms with Gasteiger partial charge in [-0.3, -0.25) is 23.9 Å². The number of pyridine rings is 1. The number of hydrogen-bond donors (Lipinski definition) is 3. The Bertz CT molecular complexity index is 2030. The molecule has 2 amide bonds. The molecule has 0 bridgehead atoms. The van der Waals surface area contributed by atoms with Crippen molar-refractivity contribution < 1.29 is 28.6 Å². The van der Waals surface area contributed by atoms with E-state index in [1.807, 2.05) is 0 Å². The quantitative estimate of drug-likeness (QED) is 0.251. The van der Waals surface area contributed by atoms with Crippen molar-refractivity contribution in [3.8, 4) is 22.6 Å². The Kier molecular flexibility index (Phi) is 8.21. The van der Waals surface area contributed by atoms with Gasteiger partial charge in [0.2, 0.25) is 5.91 Å². The van der Waals surface area contributed by atoms with Gasteiger partial charge in [-0.2, -0.15) is 0 Å². The first-order chi connectivity index (χ1) is 23.0. The van der Waals surface area contributed by atoms with Crippen molar-refractivity contribution in [2.75, 3.05) is 50.2 Å². The highest BCUT2D eigenvalue weighted by Gasteiger charge is 2.33. The molecule has 1 atom stereocenters. The predicted octanol–water partition coefficient (Wildman–Crippen LogP) is 2.36. The Labute approximate surface area is 278 Å². The predicted molar refractivity (Wildman–Crippen MR) is 175 cm³/mol. The smallest absolute Gasteiger partial charge is 0.263 e. The summed E-state index contributed by atoms with van der Waals surface area (Å²) in [7, 11) is 1.13. The van der Waals surface area contributed by atoms with E-state index in [0.717, 1.165) is 46.0 Å². The number of ether oxygens (including phenoxy) is 2. The van der Waals surface area contributed by atoms with Crippen molar-refractivity contribution in [3.63, 3.8) is 0 Å². The number of benzene rings is 1. The van der Waals surface area contributed by atoms with E-state index in [1.165, 1.54) is 21.5 Å². The van der Waals surface area contributed by atoms with E-state index < -0.39 is 40.3 Å². The molecule has 6 heterocycles. The minimum absolute atomic E-state index is 0.0429. The first-order valence-corrected chi connectivity index (χ1v) is 16.0. The molecule has 252 valence electrons. The molecule has 14 nitrogen and oxygen atoms in total. The van der Waals surface area contributed by atoms with E-state index in [-0.39, 0.29) is 39.8 Å². The second kappa shape index (κ2) is 12.4. The fourth-order valence-electron chi connectivity index (χ4n) is 6.76. The van der Waals surface area contributed by atoms with Gasteiger partial charge in [0.1, 0.15) is 23.8 Å². The number of methoxy groups -OCH3 is 1. The molecule has 48 heavy (non-hydrogen) atoms. The average molecular weight is 681 g/mol. The van der Waals surface area contributed by atoms with Crippen molar-refractivity contribution in [3.05, 3.63) is 57.1 Å². The third-order valence-electron chi connectivity index (χ3n) is 9.31. The van der Waals surface area contributed by atoms with Gasteiger partial charge in [-0.1, -0.05) is 11.6 Å². The topological polar surface area (TPSA) is 170 Å². The van der Waals surface area contributed by atoms with E-state index in [9.17, 15) is 19.5 Å². The third kappa shape index (κ3) is 5.41. The molecule has 0 saturated carbocycles. The molecule has 3 aromatic heterocycles. The summed E-state index contributed by atoms with van der Waals surface area (Å²) in [5.41, 5.74) is 5.00. The van der Waals surface area contributed by atoms with Gasteiger partial charge in [0.25, 0.3) is 11.5 Å². The number of hydrogen-bond acceptors (Lipinski definition) is 10. The maximum Gasteiger partial charge on any atom is 0.263 e. The second-order valence-electron chi connectivity index (χ2n) is 12.3. The molecular formula is C32H34ClFN8O6. The normalized spacial score (nSPS) is 18.2. The number of nitrogens with zero attached hydrogens (tertiary/aromatic N) is 6. The van der Waals surface area contributed by atoms with Gasteiger partial charge in [0, 0.05) is 62.0 Å². The van der Waals surface area contributed by atoms with E-state index in [1.54, 1.807) is 6.07 Å². The van der Waals surface area contributed by atoms with Crippen LogP contribution in [0.4, 0.5) is 15.9 Å². The number of piperazine rings is 1. The number of nitrogens with one attached hydrogen (secondary N) is 1.